The lowest BCUT2D eigenvalue weighted by Crippen LogP contribution is -2.42. The van der Waals surface area contributed by atoms with Gasteiger partial charge < -0.3 is 19.8 Å². The van der Waals surface area contributed by atoms with Gasteiger partial charge in [-0.15, -0.1) is 0 Å². The average Bonchev–Trinajstić information content (AvgIpc) is 2.84. The molecule has 0 bridgehead atoms. The molecule has 33 heavy (non-hydrogen) atoms. The SMILES string of the molecule is CCN(Cc1ccccc1)C(=O)C1CCN(Cc2ccccc2OC)CC1.O=C(O)C(=O)O. The molecule has 8 nitrogen and oxygen atoms in total. The van der Waals surface area contributed by atoms with Crippen LogP contribution in [-0.2, 0) is 27.5 Å². The van der Waals surface area contributed by atoms with E-state index in [0.717, 1.165) is 44.8 Å². The summed E-state index contributed by atoms with van der Waals surface area (Å²) in [5, 5.41) is 14.8. The lowest BCUT2D eigenvalue weighted by atomic mass is 9.94. The number of carbonyl (C=O) groups excluding carboxylic acids is 1. The molecule has 2 N–H and O–H groups in total. The lowest BCUT2D eigenvalue weighted by molar-refractivity contribution is -0.159. The number of aliphatic carboxylic acids is 2. The molecule has 1 heterocycles. The van der Waals surface area contributed by atoms with Crippen LogP contribution in [0.25, 0.3) is 0 Å². The number of hydrogen-bond donors (Lipinski definition) is 2. The van der Waals surface area contributed by atoms with Crippen molar-refractivity contribution < 1.29 is 29.3 Å². The van der Waals surface area contributed by atoms with Crippen LogP contribution in [0.5, 0.6) is 5.75 Å². The first-order chi connectivity index (χ1) is 15.8. The van der Waals surface area contributed by atoms with Crippen LogP contribution in [0.3, 0.4) is 0 Å². The van der Waals surface area contributed by atoms with Crippen molar-refractivity contribution in [1.29, 1.82) is 0 Å². The van der Waals surface area contributed by atoms with E-state index in [4.69, 9.17) is 24.5 Å². The highest BCUT2D eigenvalue weighted by Gasteiger charge is 2.28. The molecule has 178 valence electrons. The maximum absolute atomic E-state index is 13.0. The van der Waals surface area contributed by atoms with Crippen molar-refractivity contribution in [2.24, 2.45) is 5.92 Å². The number of rotatable bonds is 7. The van der Waals surface area contributed by atoms with E-state index >= 15 is 0 Å². The number of amides is 1. The van der Waals surface area contributed by atoms with E-state index in [1.807, 2.05) is 35.2 Å². The summed E-state index contributed by atoms with van der Waals surface area (Å²) < 4.78 is 5.46. The molecule has 0 spiro atoms. The van der Waals surface area contributed by atoms with Crippen molar-refractivity contribution in [3.8, 4) is 5.75 Å². The molecule has 1 saturated heterocycles. The fourth-order valence-corrected chi connectivity index (χ4v) is 3.82. The number of ether oxygens (including phenoxy) is 1. The minimum atomic E-state index is -1.82. The molecule has 2 aromatic rings. The molecule has 0 atom stereocenters. The topological polar surface area (TPSA) is 107 Å². The average molecular weight is 457 g/mol. The number of carboxylic acid groups (broad SMARTS) is 2. The Kier molecular flexibility index (Phi) is 10.4. The fraction of sp³-hybridized carbons (Fsp3) is 0.400. The van der Waals surface area contributed by atoms with Crippen LogP contribution in [0, 0.1) is 5.92 Å². The zero-order chi connectivity index (χ0) is 24.2. The highest BCUT2D eigenvalue weighted by Crippen LogP contribution is 2.25. The Balaban J connectivity index is 0.000000569. The summed E-state index contributed by atoms with van der Waals surface area (Å²) in [5.41, 5.74) is 2.41. The lowest BCUT2D eigenvalue weighted by Gasteiger charge is -2.34. The standard InChI is InChI=1S/C23H30N2O2.C2H2O4/c1-3-25(17-19-9-5-4-6-10-19)23(26)20-13-15-24(16-14-20)18-21-11-7-8-12-22(21)27-2;3-1(4)2(5)6/h4-12,20H,3,13-18H2,1-2H3;(H,3,4)(H,5,6). The number of para-hydroxylation sites is 1. The summed E-state index contributed by atoms with van der Waals surface area (Å²) in [5.74, 6) is -2.26. The maximum atomic E-state index is 13.0. The van der Waals surface area contributed by atoms with Crippen LogP contribution in [0.1, 0.15) is 30.9 Å². The highest BCUT2D eigenvalue weighted by molar-refractivity contribution is 6.27. The number of nitrogens with zero attached hydrogens (tertiary/aromatic N) is 2. The molecule has 3 rings (SSSR count). The molecular weight excluding hydrogens is 424 g/mol. The molecule has 0 saturated carbocycles. The molecule has 1 aliphatic rings. The summed E-state index contributed by atoms with van der Waals surface area (Å²) in [6, 6.07) is 18.4. The van der Waals surface area contributed by atoms with E-state index in [-0.39, 0.29) is 5.92 Å². The minimum Gasteiger partial charge on any atom is -0.496 e. The Morgan fingerprint density at radius 3 is 2.09 bits per heavy atom. The van der Waals surface area contributed by atoms with E-state index in [1.54, 1.807) is 7.11 Å². The number of likely N-dealkylation sites (tertiary alicyclic amines) is 1. The molecule has 1 amide bonds. The third kappa shape index (κ3) is 8.23. The molecule has 0 aliphatic carbocycles. The quantitative estimate of drug-likeness (QED) is 0.617. The van der Waals surface area contributed by atoms with Gasteiger partial charge in [0.25, 0.3) is 0 Å². The monoisotopic (exact) mass is 456 g/mol. The van der Waals surface area contributed by atoms with Gasteiger partial charge >= 0.3 is 11.9 Å². The number of hydrogen-bond acceptors (Lipinski definition) is 5. The van der Waals surface area contributed by atoms with Gasteiger partial charge in [-0.05, 0) is 44.5 Å². The van der Waals surface area contributed by atoms with Gasteiger partial charge in [0.15, 0.2) is 0 Å². The summed E-state index contributed by atoms with van der Waals surface area (Å²) >= 11 is 0. The molecule has 0 unspecified atom stereocenters. The fourth-order valence-electron chi connectivity index (χ4n) is 3.82. The second-order valence-corrected chi connectivity index (χ2v) is 7.81. The van der Waals surface area contributed by atoms with E-state index in [9.17, 15) is 4.79 Å². The largest absolute Gasteiger partial charge is 0.496 e. The van der Waals surface area contributed by atoms with Gasteiger partial charge in [-0.3, -0.25) is 9.69 Å². The molecule has 1 aliphatic heterocycles. The Morgan fingerprint density at radius 2 is 1.55 bits per heavy atom. The first-order valence-electron chi connectivity index (χ1n) is 11.0. The predicted octanol–water partition coefficient (Wildman–Crippen LogP) is 3.11. The van der Waals surface area contributed by atoms with Gasteiger partial charge in [0, 0.05) is 31.1 Å². The minimum absolute atomic E-state index is 0.141. The Morgan fingerprint density at radius 1 is 0.970 bits per heavy atom. The molecule has 8 heteroatoms. The van der Waals surface area contributed by atoms with Crippen LogP contribution in [-0.4, -0.2) is 64.6 Å². The van der Waals surface area contributed by atoms with Gasteiger partial charge in [0.2, 0.25) is 5.91 Å². The summed E-state index contributed by atoms with van der Waals surface area (Å²) in [4.78, 5) is 35.6. The van der Waals surface area contributed by atoms with E-state index in [0.29, 0.717) is 12.5 Å². The van der Waals surface area contributed by atoms with Crippen molar-refractivity contribution in [2.45, 2.75) is 32.9 Å². The Hall–Kier alpha value is -3.39. The van der Waals surface area contributed by atoms with Crippen LogP contribution < -0.4 is 4.74 Å². The van der Waals surface area contributed by atoms with E-state index < -0.39 is 11.9 Å². The summed E-state index contributed by atoms with van der Waals surface area (Å²) in [7, 11) is 1.72. The summed E-state index contributed by atoms with van der Waals surface area (Å²) in [6.07, 6.45) is 1.86. The van der Waals surface area contributed by atoms with Crippen LogP contribution in [0.15, 0.2) is 54.6 Å². The predicted molar refractivity (Wildman–Crippen MR) is 124 cm³/mol. The molecule has 0 aromatic heterocycles. The number of methoxy groups -OCH3 is 1. The number of piperidine rings is 1. The van der Waals surface area contributed by atoms with E-state index in [1.165, 1.54) is 11.1 Å². The van der Waals surface area contributed by atoms with Crippen molar-refractivity contribution in [2.75, 3.05) is 26.7 Å². The maximum Gasteiger partial charge on any atom is 0.414 e. The third-order valence-electron chi connectivity index (χ3n) is 5.62. The van der Waals surface area contributed by atoms with Gasteiger partial charge in [-0.25, -0.2) is 9.59 Å². The van der Waals surface area contributed by atoms with Crippen LogP contribution in [0.2, 0.25) is 0 Å². The normalized spacial score (nSPS) is 14.0. The van der Waals surface area contributed by atoms with Gasteiger partial charge in [-0.2, -0.15) is 0 Å². The van der Waals surface area contributed by atoms with E-state index in [2.05, 4.69) is 36.1 Å². The van der Waals surface area contributed by atoms with Gasteiger partial charge in [0.1, 0.15) is 5.75 Å². The van der Waals surface area contributed by atoms with Gasteiger partial charge in [0.05, 0.1) is 7.11 Å². The first-order valence-corrected chi connectivity index (χ1v) is 11.0. The first kappa shape index (κ1) is 25.9. The van der Waals surface area contributed by atoms with Crippen molar-refractivity contribution in [3.63, 3.8) is 0 Å². The second-order valence-electron chi connectivity index (χ2n) is 7.81. The second kappa shape index (κ2) is 13.2. The highest BCUT2D eigenvalue weighted by atomic mass is 16.5. The van der Waals surface area contributed by atoms with Crippen molar-refractivity contribution in [1.82, 2.24) is 9.80 Å². The zero-order valence-electron chi connectivity index (χ0n) is 19.1. The summed E-state index contributed by atoms with van der Waals surface area (Å²) in [6.45, 7) is 6.32. The molecule has 1 fully saturated rings. The van der Waals surface area contributed by atoms with Crippen LogP contribution >= 0.6 is 0 Å². The van der Waals surface area contributed by atoms with Crippen molar-refractivity contribution >= 4 is 17.8 Å². The Labute approximate surface area is 194 Å². The van der Waals surface area contributed by atoms with Crippen LogP contribution in [0.4, 0.5) is 0 Å². The third-order valence-corrected chi connectivity index (χ3v) is 5.62. The smallest absolute Gasteiger partial charge is 0.414 e. The Bertz CT molecular complexity index is 898. The molecule has 2 aromatic carbocycles. The molecular formula is C25H32N2O6. The van der Waals surface area contributed by atoms with Crippen molar-refractivity contribution in [3.05, 3.63) is 65.7 Å². The molecule has 0 radical (unpaired) electrons. The van der Waals surface area contributed by atoms with Gasteiger partial charge in [-0.1, -0.05) is 48.5 Å². The number of carbonyl (C=O) groups is 3. The number of benzene rings is 2. The number of carboxylic acids is 2. The zero-order valence-corrected chi connectivity index (χ0v) is 19.1.